The molecule has 2 heterocycles. The van der Waals surface area contributed by atoms with Crippen LogP contribution in [-0.4, -0.2) is 77.3 Å². The molecule has 32 heavy (non-hydrogen) atoms. The number of carbonyl (C=O) groups excluding carboxylic acids is 2. The molecule has 3 rings (SSSR count). The lowest BCUT2D eigenvalue weighted by atomic mass is 10.00. The second kappa shape index (κ2) is 10.7. The third-order valence-corrected chi connectivity index (χ3v) is 5.85. The van der Waals surface area contributed by atoms with Gasteiger partial charge in [-0.2, -0.15) is 0 Å². The van der Waals surface area contributed by atoms with Gasteiger partial charge in [0.15, 0.2) is 0 Å². The minimum Gasteiger partial charge on any atom is -0.472 e. The Bertz CT molecular complexity index is 890. The normalized spacial score (nSPS) is 21.3. The van der Waals surface area contributed by atoms with Crippen molar-refractivity contribution in [3.05, 3.63) is 23.4 Å². The Morgan fingerprint density at radius 2 is 2.22 bits per heavy atom. The SMILES string of the molecule is CCCNC(=O)N(C)C[C@H]1Oc2ncc(C#CC3CC3)cc2C(=O)N([C@@H](C)CO)C[C@H]1C. The summed E-state index contributed by atoms with van der Waals surface area (Å²) in [5.74, 6) is 6.66. The standard InChI is InChI=1S/C24H34N4O4/c1-5-10-25-24(31)27(4)14-21-16(2)13-28(17(3)15-29)23(30)20-11-19(9-8-18-6-7-18)12-26-22(20)32-21/h11-12,16-18,21,29H,5-7,10,13-15H2,1-4H3,(H,25,31)/t16-,17+,21-/m1/s1. The molecule has 0 unspecified atom stereocenters. The molecule has 1 aliphatic carbocycles. The summed E-state index contributed by atoms with van der Waals surface area (Å²) < 4.78 is 6.21. The number of aromatic nitrogens is 1. The van der Waals surface area contributed by atoms with Crippen molar-refractivity contribution < 1.29 is 19.4 Å². The van der Waals surface area contributed by atoms with E-state index in [4.69, 9.17) is 4.74 Å². The molecule has 3 atom stereocenters. The van der Waals surface area contributed by atoms with Gasteiger partial charge < -0.3 is 25.0 Å². The van der Waals surface area contributed by atoms with Gasteiger partial charge in [-0.1, -0.05) is 25.7 Å². The number of fused-ring (bicyclic) bond motifs is 1. The van der Waals surface area contributed by atoms with Crippen LogP contribution in [0, 0.1) is 23.7 Å². The Morgan fingerprint density at radius 3 is 2.88 bits per heavy atom. The molecule has 1 aliphatic heterocycles. The lowest BCUT2D eigenvalue weighted by Crippen LogP contribution is -2.51. The first-order valence-electron chi connectivity index (χ1n) is 11.4. The fourth-order valence-corrected chi connectivity index (χ4v) is 3.52. The number of rotatable bonds is 6. The smallest absolute Gasteiger partial charge is 0.317 e. The first kappa shape index (κ1) is 23.9. The highest BCUT2D eigenvalue weighted by atomic mass is 16.5. The van der Waals surface area contributed by atoms with Crippen LogP contribution >= 0.6 is 0 Å². The zero-order valence-electron chi connectivity index (χ0n) is 19.4. The highest BCUT2D eigenvalue weighted by Crippen LogP contribution is 2.29. The van der Waals surface area contributed by atoms with Gasteiger partial charge in [0, 0.05) is 43.7 Å². The highest BCUT2D eigenvalue weighted by molar-refractivity contribution is 5.97. The molecular formula is C24H34N4O4. The molecule has 2 aliphatic rings. The summed E-state index contributed by atoms with van der Waals surface area (Å²) in [5.41, 5.74) is 1.01. The van der Waals surface area contributed by atoms with Crippen molar-refractivity contribution in [2.45, 2.75) is 52.2 Å². The number of amides is 3. The van der Waals surface area contributed by atoms with E-state index in [0.717, 1.165) is 19.3 Å². The number of hydrogen-bond donors (Lipinski definition) is 2. The predicted molar refractivity (Wildman–Crippen MR) is 121 cm³/mol. The van der Waals surface area contributed by atoms with Crippen LogP contribution in [0.5, 0.6) is 5.88 Å². The van der Waals surface area contributed by atoms with Crippen LogP contribution in [0.25, 0.3) is 0 Å². The second-order valence-corrected chi connectivity index (χ2v) is 8.86. The van der Waals surface area contributed by atoms with Crippen LogP contribution in [0.2, 0.25) is 0 Å². The predicted octanol–water partition coefficient (Wildman–Crippen LogP) is 2.11. The topological polar surface area (TPSA) is 95.0 Å². The van der Waals surface area contributed by atoms with Crippen molar-refractivity contribution in [2.75, 3.05) is 33.3 Å². The van der Waals surface area contributed by atoms with Crippen molar-refractivity contribution in [1.29, 1.82) is 0 Å². The van der Waals surface area contributed by atoms with E-state index in [1.54, 1.807) is 29.1 Å². The molecule has 2 N–H and O–H groups in total. The van der Waals surface area contributed by atoms with Gasteiger partial charge in [-0.3, -0.25) is 4.79 Å². The van der Waals surface area contributed by atoms with Crippen LogP contribution < -0.4 is 10.1 Å². The number of likely N-dealkylation sites (N-methyl/N-ethyl adjacent to an activating group) is 1. The van der Waals surface area contributed by atoms with Crippen molar-refractivity contribution in [2.24, 2.45) is 11.8 Å². The van der Waals surface area contributed by atoms with Gasteiger partial charge in [-0.25, -0.2) is 9.78 Å². The monoisotopic (exact) mass is 442 g/mol. The summed E-state index contributed by atoms with van der Waals surface area (Å²) in [6.07, 6.45) is 4.35. The van der Waals surface area contributed by atoms with E-state index in [1.807, 2.05) is 20.8 Å². The molecule has 1 aromatic heterocycles. The zero-order chi connectivity index (χ0) is 23.3. The Labute approximate surface area is 190 Å². The molecule has 8 nitrogen and oxygen atoms in total. The van der Waals surface area contributed by atoms with Gasteiger partial charge >= 0.3 is 6.03 Å². The molecule has 0 saturated heterocycles. The molecule has 0 radical (unpaired) electrons. The highest BCUT2D eigenvalue weighted by Gasteiger charge is 2.34. The molecular weight excluding hydrogens is 408 g/mol. The number of ether oxygens (including phenoxy) is 1. The quantitative estimate of drug-likeness (QED) is 0.658. The number of urea groups is 1. The average Bonchev–Trinajstić information content (AvgIpc) is 3.62. The molecule has 1 saturated carbocycles. The maximum atomic E-state index is 13.4. The molecule has 174 valence electrons. The zero-order valence-corrected chi connectivity index (χ0v) is 19.4. The summed E-state index contributed by atoms with van der Waals surface area (Å²) in [4.78, 5) is 33.4. The maximum absolute atomic E-state index is 13.4. The van der Waals surface area contributed by atoms with Crippen molar-refractivity contribution in [3.8, 4) is 17.7 Å². The van der Waals surface area contributed by atoms with Crippen LogP contribution in [0.1, 0.15) is 56.0 Å². The molecule has 0 spiro atoms. The van der Waals surface area contributed by atoms with E-state index >= 15 is 0 Å². The Hall–Kier alpha value is -2.79. The molecule has 1 aromatic rings. The fraction of sp³-hybridized carbons (Fsp3) is 0.625. The summed E-state index contributed by atoms with van der Waals surface area (Å²) >= 11 is 0. The minimum absolute atomic E-state index is 0.0846. The average molecular weight is 443 g/mol. The molecule has 1 fully saturated rings. The lowest BCUT2D eigenvalue weighted by Gasteiger charge is -2.37. The number of hydrogen-bond acceptors (Lipinski definition) is 5. The summed E-state index contributed by atoms with van der Waals surface area (Å²) in [6, 6.07) is 1.20. The third kappa shape index (κ3) is 5.92. The van der Waals surface area contributed by atoms with Gasteiger partial charge in [-0.15, -0.1) is 0 Å². The number of carbonyl (C=O) groups is 2. The van der Waals surface area contributed by atoms with Crippen LogP contribution in [0.4, 0.5) is 4.79 Å². The van der Waals surface area contributed by atoms with Crippen LogP contribution in [0.3, 0.4) is 0 Å². The number of aliphatic hydroxyl groups excluding tert-OH is 1. The van der Waals surface area contributed by atoms with Crippen molar-refractivity contribution in [3.63, 3.8) is 0 Å². The first-order valence-corrected chi connectivity index (χ1v) is 11.4. The minimum atomic E-state index is -0.372. The van der Waals surface area contributed by atoms with Gasteiger partial charge in [0.25, 0.3) is 5.91 Å². The first-order chi connectivity index (χ1) is 15.3. The van der Waals surface area contributed by atoms with Gasteiger partial charge in [0.1, 0.15) is 11.7 Å². The lowest BCUT2D eigenvalue weighted by molar-refractivity contribution is 0.0352. The van der Waals surface area contributed by atoms with Gasteiger partial charge in [-0.05, 0) is 32.3 Å². The fourth-order valence-electron chi connectivity index (χ4n) is 3.52. The summed E-state index contributed by atoms with van der Waals surface area (Å²) in [7, 11) is 1.73. The number of pyridine rings is 1. The Balaban J connectivity index is 1.89. The van der Waals surface area contributed by atoms with Gasteiger partial charge in [0.05, 0.1) is 19.2 Å². The number of aliphatic hydroxyl groups is 1. The molecule has 8 heteroatoms. The van der Waals surface area contributed by atoms with E-state index in [2.05, 4.69) is 22.1 Å². The maximum Gasteiger partial charge on any atom is 0.317 e. The molecule has 3 amide bonds. The Kier molecular flexibility index (Phi) is 7.97. The third-order valence-electron chi connectivity index (χ3n) is 5.85. The van der Waals surface area contributed by atoms with E-state index in [-0.39, 0.29) is 42.5 Å². The largest absolute Gasteiger partial charge is 0.472 e. The van der Waals surface area contributed by atoms with Crippen LogP contribution in [-0.2, 0) is 0 Å². The van der Waals surface area contributed by atoms with Crippen LogP contribution in [0.15, 0.2) is 12.3 Å². The van der Waals surface area contributed by atoms with Crippen molar-refractivity contribution in [1.82, 2.24) is 20.1 Å². The van der Waals surface area contributed by atoms with E-state index in [0.29, 0.717) is 36.7 Å². The van der Waals surface area contributed by atoms with Gasteiger partial charge in [0.2, 0.25) is 5.88 Å². The van der Waals surface area contributed by atoms with E-state index < -0.39 is 0 Å². The Morgan fingerprint density at radius 1 is 1.47 bits per heavy atom. The summed E-state index contributed by atoms with van der Waals surface area (Å²) in [6.45, 7) is 7.00. The van der Waals surface area contributed by atoms with E-state index in [1.165, 1.54) is 0 Å². The second-order valence-electron chi connectivity index (χ2n) is 8.86. The number of nitrogens with one attached hydrogen (secondary N) is 1. The summed E-state index contributed by atoms with van der Waals surface area (Å²) in [5, 5.41) is 12.6. The van der Waals surface area contributed by atoms with E-state index in [9.17, 15) is 14.7 Å². The molecule has 0 bridgehead atoms. The van der Waals surface area contributed by atoms with Crippen molar-refractivity contribution >= 4 is 11.9 Å². The number of nitrogens with zero attached hydrogens (tertiary/aromatic N) is 3. The molecule has 0 aromatic carbocycles.